The molecule has 1 aliphatic rings. The molecule has 1 aliphatic heterocycles. The molecule has 6 rings (SSSR count). The lowest BCUT2D eigenvalue weighted by molar-refractivity contribution is 0.241. The van der Waals surface area contributed by atoms with Crippen molar-refractivity contribution in [1.29, 1.82) is 0 Å². The Bertz CT molecular complexity index is 1660. The zero-order valence-electron chi connectivity index (χ0n) is 20.8. The summed E-state index contributed by atoms with van der Waals surface area (Å²) in [4.78, 5) is 24.8. The first kappa shape index (κ1) is 22.4. The number of benzene rings is 2. The topological polar surface area (TPSA) is 68.8 Å². The number of hydrogen-bond acceptors (Lipinski definition) is 5. The Labute approximate surface area is 209 Å². The van der Waals surface area contributed by atoms with Gasteiger partial charge >= 0.3 is 0 Å². The number of para-hydroxylation sites is 1. The molecule has 36 heavy (non-hydrogen) atoms. The molecule has 7 nitrogen and oxygen atoms in total. The van der Waals surface area contributed by atoms with Crippen molar-refractivity contribution in [2.45, 2.75) is 33.4 Å². The van der Waals surface area contributed by atoms with E-state index in [4.69, 9.17) is 0 Å². The molecule has 0 N–H and O–H groups in total. The Morgan fingerprint density at radius 3 is 2.64 bits per heavy atom. The van der Waals surface area contributed by atoms with Crippen molar-refractivity contribution in [2.24, 2.45) is 7.05 Å². The largest absolute Gasteiger partial charge is 0.315 e. The molecule has 0 fully saturated rings. The number of nitrogens with zero attached hydrogens (tertiary/aromatic N) is 6. The summed E-state index contributed by atoms with van der Waals surface area (Å²) in [6.45, 7) is 6.50. The summed E-state index contributed by atoms with van der Waals surface area (Å²) in [6, 6.07) is 18.4. The first-order valence-corrected chi connectivity index (χ1v) is 12.2. The Morgan fingerprint density at radius 2 is 1.81 bits per heavy atom. The van der Waals surface area contributed by atoms with Crippen molar-refractivity contribution in [3.63, 3.8) is 0 Å². The summed E-state index contributed by atoms with van der Waals surface area (Å²) in [5.41, 5.74) is 10.0. The van der Waals surface area contributed by atoms with E-state index in [2.05, 4.69) is 44.2 Å². The van der Waals surface area contributed by atoms with Gasteiger partial charge in [0.2, 0.25) is 0 Å². The predicted molar refractivity (Wildman–Crippen MR) is 141 cm³/mol. The zero-order chi connectivity index (χ0) is 24.8. The quantitative estimate of drug-likeness (QED) is 0.386. The van der Waals surface area contributed by atoms with Crippen LogP contribution in [0.15, 0.2) is 71.8 Å². The Morgan fingerprint density at radius 1 is 0.972 bits per heavy atom. The summed E-state index contributed by atoms with van der Waals surface area (Å²) < 4.78 is 3.76. The van der Waals surface area contributed by atoms with Crippen LogP contribution in [0.25, 0.3) is 27.8 Å². The molecule has 0 aliphatic carbocycles. The van der Waals surface area contributed by atoms with Gasteiger partial charge in [-0.3, -0.25) is 19.7 Å². The second kappa shape index (κ2) is 8.84. The maximum absolute atomic E-state index is 13.4. The number of fused-ring (bicyclic) bond motifs is 2. The molecule has 5 aromatic rings. The normalized spacial score (nSPS) is 13.8. The first-order chi connectivity index (χ1) is 17.5. The molecule has 0 saturated heterocycles. The van der Waals surface area contributed by atoms with Gasteiger partial charge in [-0.25, -0.2) is 4.68 Å². The van der Waals surface area contributed by atoms with E-state index in [0.29, 0.717) is 0 Å². The average molecular weight is 477 g/mol. The highest BCUT2D eigenvalue weighted by atomic mass is 16.1. The third kappa shape index (κ3) is 3.91. The third-order valence-corrected chi connectivity index (χ3v) is 7.08. The highest BCUT2D eigenvalue weighted by Gasteiger charge is 2.22. The molecule has 180 valence electrons. The van der Waals surface area contributed by atoms with Crippen molar-refractivity contribution in [3.8, 4) is 16.8 Å². The minimum Gasteiger partial charge on any atom is -0.315 e. The second-order valence-electron chi connectivity index (χ2n) is 9.59. The van der Waals surface area contributed by atoms with E-state index in [-0.39, 0.29) is 5.56 Å². The fourth-order valence-electron chi connectivity index (χ4n) is 5.35. The molecule has 0 unspecified atom stereocenters. The van der Waals surface area contributed by atoms with Crippen LogP contribution in [0.1, 0.15) is 28.2 Å². The monoisotopic (exact) mass is 476 g/mol. The van der Waals surface area contributed by atoms with Gasteiger partial charge in [0, 0.05) is 62.4 Å². The van der Waals surface area contributed by atoms with E-state index in [1.54, 1.807) is 12.4 Å². The van der Waals surface area contributed by atoms with Gasteiger partial charge < -0.3 is 4.57 Å². The second-order valence-corrected chi connectivity index (χ2v) is 9.59. The van der Waals surface area contributed by atoms with Gasteiger partial charge in [0.05, 0.1) is 22.4 Å². The SMILES string of the molecule is Cc1cc(C)n(-c2cccc(-c3cc4c(n(C)c3=O)CCN(Cc3cccc5nccnc35)C4)c2)n1. The Balaban J connectivity index is 1.35. The molecule has 0 saturated carbocycles. The van der Waals surface area contributed by atoms with Crippen LogP contribution in [0.2, 0.25) is 0 Å². The van der Waals surface area contributed by atoms with Crippen molar-refractivity contribution in [3.05, 3.63) is 106 Å². The summed E-state index contributed by atoms with van der Waals surface area (Å²) in [6.07, 6.45) is 4.32. The van der Waals surface area contributed by atoms with Gasteiger partial charge in [-0.05, 0) is 60.9 Å². The molecule has 7 heteroatoms. The molecular formula is C29H28N6O. The minimum atomic E-state index is 0.0389. The van der Waals surface area contributed by atoms with E-state index < -0.39 is 0 Å². The minimum absolute atomic E-state index is 0.0389. The van der Waals surface area contributed by atoms with Crippen molar-refractivity contribution < 1.29 is 0 Å². The smallest absolute Gasteiger partial charge is 0.258 e. The fraction of sp³-hybridized carbons (Fsp3) is 0.241. The van der Waals surface area contributed by atoms with Gasteiger partial charge in [0.25, 0.3) is 5.56 Å². The Kier molecular flexibility index (Phi) is 5.49. The van der Waals surface area contributed by atoms with Gasteiger partial charge in [0.1, 0.15) is 0 Å². The van der Waals surface area contributed by atoms with Crippen LogP contribution < -0.4 is 5.56 Å². The van der Waals surface area contributed by atoms with Gasteiger partial charge in [0.15, 0.2) is 0 Å². The van der Waals surface area contributed by atoms with Crippen LogP contribution in [0, 0.1) is 13.8 Å². The van der Waals surface area contributed by atoms with E-state index >= 15 is 0 Å². The van der Waals surface area contributed by atoms with Crippen molar-refractivity contribution in [1.82, 2.24) is 29.2 Å². The molecule has 0 amide bonds. The van der Waals surface area contributed by atoms with Crippen LogP contribution >= 0.6 is 0 Å². The van der Waals surface area contributed by atoms with Gasteiger partial charge in [-0.2, -0.15) is 5.10 Å². The molecule has 3 aromatic heterocycles. The van der Waals surface area contributed by atoms with Gasteiger partial charge in [-0.15, -0.1) is 0 Å². The molecule has 2 aromatic carbocycles. The van der Waals surface area contributed by atoms with E-state index in [1.165, 1.54) is 11.1 Å². The van der Waals surface area contributed by atoms with Crippen LogP contribution in [0.3, 0.4) is 0 Å². The number of pyridine rings is 1. The number of aryl methyl sites for hydroxylation is 2. The third-order valence-electron chi connectivity index (χ3n) is 7.08. The standard InChI is InChI=1S/C29H28N6O/c1-19-14-20(2)35(32-19)24-8-4-6-21(15-24)25-16-23-18-34(13-10-27(23)33(3)29(25)36)17-22-7-5-9-26-28(22)31-12-11-30-26/h4-9,11-12,14-16H,10,13,17-18H2,1-3H3. The van der Waals surface area contributed by atoms with Crippen LogP contribution in [0.4, 0.5) is 0 Å². The molecule has 0 radical (unpaired) electrons. The van der Waals surface area contributed by atoms with Crippen LogP contribution in [-0.2, 0) is 26.6 Å². The highest BCUT2D eigenvalue weighted by molar-refractivity contribution is 5.77. The lowest BCUT2D eigenvalue weighted by Crippen LogP contribution is -2.35. The summed E-state index contributed by atoms with van der Waals surface area (Å²) >= 11 is 0. The van der Waals surface area contributed by atoms with E-state index in [0.717, 1.165) is 71.0 Å². The average Bonchev–Trinajstić information content (AvgIpc) is 3.24. The number of aromatic nitrogens is 5. The molecule has 4 heterocycles. The first-order valence-electron chi connectivity index (χ1n) is 12.2. The zero-order valence-corrected chi connectivity index (χ0v) is 20.8. The highest BCUT2D eigenvalue weighted by Crippen LogP contribution is 2.27. The van der Waals surface area contributed by atoms with Crippen molar-refractivity contribution >= 4 is 11.0 Å². The predicted octanol–water partition coefficient (Wildman–Crippen LogP) is 4.36. The number of rotatable bonds is 4. The molecule has 0 bridgehead atoms. The lowest BCUT2D eigenvalue weighted by Gasteiger charge is -2.30. The Hall–Kier alpha value is -4.10. The lowest BCUT2D eigenvalue weighted by atomic mass is 9.98. The molecule has 0 atom stereocenters. The maximum Gasteiger partial charge on any atom is 0.258 e. The van der Waals surface area contributed by atoms with E-state index in [9.17, 15) is 4.79 Å². The fourth-order valence-corrected chi connectivity index (χ4v) is 5.35. The molecular weight excluding hydrogens is 448 g/mol. The summed E-state index contributed by atoms with van der Waals surface area (Å²) in [7, 11) is 1.89. The van der Waals surface area contributed by atoms with Gasteiger partial charge in [-0.1, -0.05) is 24.3 Å². The molecule has 0 spiro atoms. The maximum atomic E-state index is 13.4. The van der Waals surface area contributed by atoms with Crippen LogP contribution in [-0.4, -0.2) is 35.8 Å². The summed E-state index contributed by atoms with van der Waals surface area (Å²) in [5, 5.41) is 4.61. The number of hydrogen-bond donors (Lipinski definition) is 0. The summed E-state index contributed by atoms with van der Waals surface area (Å²) in [5.74, 6) is 0. The van der Waals surface area contributed by atoms with Crippen molar-refractivity contribution in [2.75, 3.05) is 6.54 Å². The van der Waals surface area contributed by atoms with Crippen LogP contribution in [0.5, 0.6) is 0 Å². The van der Waals surface area contributed by atoms with E-state index in [1.807, 2.05) is 60.5 Å².